The fourth-order valence-electron chi connectivity index (χ4n) is 1.53. The molecule has 0 fully saturated rings. The van der Waals surface area contributed by atoms with E-state index in [4.69, 9.17) is 16.7 Å². The van der Waals surface area contributed by atoms with Crippen molar-refractivity contribution in [3.05, 3.63) is 28.8 Å². The zero-order valence-corrected chi connectivity index (χ0v) is 12.7. The first-order valence-electron chi connectivity index (χ1n) is 5.87. The highest BCUT2D eigenvalue weighted by Gasteiger charge is 2.23. The van der Waals surface area contributed by atoms with E-state index in [1.54, 1.807) is 0 Å². The third-order valence-corrected chi connectivity index (χ3v) is 4.25. The van der Waals surface area contributed by atoms with Gasteiger partial charge in [0.2, 0.25) is 10.0 Å². The number of carbonyl (C=O) groups is 2. The Bertz CT molecular complexity index is 643. The molecule has 0 aromatic heterocycles. The first-order chi connectivity index (χ1) is 9.77. The zero-order valence-electron chi connectivity index (χ0n) is 11.1. The number of sulfonamides is 1. The second-order valence-corrected chi connectivity index (χ2v) is 6.20. The Labute approximate surface area is 126 Å². The maximum absolute atomic E-state index is 12.1. The molecule has 1 aromatic rings. The number of methoxy groups -OCH3 is 1. The fraction of sp³-hybridized carbons (Fsp3) is 0.333. The minimum atomic E-state index is -3.96. The van der Waals surface area contributed by atoms with E-state index in [2.05, 4.69) is 9.46 Å². The topological polar surface area (TPSA) is 110 Å². The molecular weight excluding hydrogens is 322 g/mol. The summed E-state index contributed by atoms with van der Waals surface area (Å²) in [6, 6.07) is 3.72. The quantitative estimate of drug-likeness (QED) is 0.573. The van der Waals surface area contributed by atoms with Crippen molar-refractivity contribution < 1.29 is 27.9 Å². The van der Waals surface area contributed by atoms with Gasteiger partial charge in [0.25, 0.3) is 0 Å². The van der Waals surface area contributed by atoms with Crippen LogP contribution in [0, 0.1) is 0 Å². The summed E-state index contributed by atoms with van der Waals surface area (Å²) in [6.07, 6.45) is -0.0251. The lowest BCUT2D eigenvalue weighted by Crippen LogP contribution is -2.27. The van der Waals surface area contributed by atoms with Gasteiger partial charge in [-0.2, -0.15) is 0 Å². The third-order valence-electron chi connectivity index (χ3n) is 2.50. The predicted octanol–water partition coefficient (Wildman–Crippen LogP) is 1.27. The summed E-state index contributed by atoms with van der Waals surface area (Å²) in [6.45, 7) is -0.0577. The monoisotopic (exact) mass is 335 g/mol. The van der Waals surface area contributed by atoms with Crippen LogP contribution in [0.1, 0.15) is 23.2 Å². The Morgan fingerprint density at radius 1 is 1.38 bits per heavy atom. The maximum atomic E-state index is 12.1. The van der Waals surface area contributed by atoms with E-state index >= 15 is 0 Å². The highest BCUT2D eigenvalue weighted by molar-refractivity contribution is 7.89. The average molecular weight is 336 g/mol. The molecule has 0 heterocycles. The average Bonchev–Trinajstić information content (AvgIpc) is 2.42. The first kappa shape index (κ1) is 17.4. The Balaban J connectivity index is 2.97. The summed E-state index contributed by atoms with van der Waals surface area (Å²) >= 11 is 5.74. The van der Waals surface area contributed by atoms with Crippen molar-refractivity contribution in [2.75, 3.05) is 13.7 Å². The zero-order chi connectivity index (χ0) is 16.0. The summed E-state index contributed by atoms with van der Waals surface area (Å²) in [4.78, 5) is 21.7. The molecule has 9 heteroatoms. The Hall–Kier alpha value is -1.64. The van der Waals surface area contributed by atoms with E-state index in [1.807, 2.05) is 0 Å². The number of hydrogen-bond donors (Lipinski definition) is 2. The summed E-state index contributed by atoms with van der Waals surface area (Å²) in [5, 5.41) is 8.68. The molecular formula is C12H14ClNO6S. The molecule has 0 bridgehead atoms. The number of carboxylic acids is 1. The van der Waals surface area contributed by atoms with Crippen molar-refractivity contribution in [1.29, 1.82) is 0 Å². The van der Waals surface area contributed by atoms with Crippen molar-refractivity contribution in [3.8, 4) is 0 Å². The van der Waals surface area contributed by atoms with E-state index in [9.17, 15) is 18.0 Å². The van der Waals surface area contributed by atoms with Crippen LogP contribution in [0.15, 0.2) is 23.1 Å². The normalized spacial score (nSPS) is 11.1. The number of carbonyl (C=O) groups excluding carboxylic acids is 1. The van der Waals surface area contributed by atoms with Crippen LogP contribution < -0.4 is 4.72 Å². The number of esters is 1. The molecule has 0 saturated carbocycles. The van der Waals surface area contributed by atoms with Gasteiger partial charge in [-0.05, 0) is 24.6 Å². The molecule has 0 unspecified atom stereocenters. The molecule has 2 N–H and O–H groups in total. The lowest BCUT2D eigenvalue weighted by molar-refractivity contribution is -0.137. The number of carboxylic acid groups (broad SMARTS) is 1. The third kappa shape index (κ3) is 5.00. The van der Waals surface area contributed by atoms with Crippen molar-refractivity contribution in [2.24, 2.45) is 0 Å². The summed E-state index contributed by atoms with van der Waals surface area (Å²) < 4.78 is 31.0. The lowest BCUT2D eigenvalue weighted by Gasteiger charge is -2.10. The minimum Gasteiger partial charge on any atom is -0.481 e. The predicted molar refractivity (Wildman–Crippen MR) is 74.8 cm³/mol. The van der Waals surface area contributed by atoms with Gasteiger partial charge in [-0.15, -0.1) is 0 Å². The molecule has 0 saturated heterocycles. The largest absolute Gasteiger partial charge is 0.481 e. The van der Waals surface area contributed by atoms with Crippen LogP contribution in [0.4, 0.5) is 0 Å². The first-order valence-corrected chi connectivity index (χ1v) is 7.73. The molecule has 0 aliphatic heterocycles. The van der Waals surface area contributed by atoms with Gasteiger partial charge < -0.3 is 9.84 Å². The Morgan fingerprint density at radius 3 is 2.62 bits per heavy atom. The number of halogens is 1. The van der Waals surface area contributed by atoms with Gasteiger partial charge in [-0.1, -0.05) is 11.6 Å². The van der Waals surface area contributed by atoms with E-state index in [0.717, 1.165) is 7.11 Å². The SMILES string of the molecule is COC(=O)c1cc(Cl)ccc1S(=O)(=O)NCCCC(=O)O. The number of ether oxygens (including phenoxy) is 1. The van der Waals surface area contributed by atoms with Gasteiger partial charge in [0.1, 0.15) is 0 Å². The second-order valence-electron chi connectivity index (χ2n) is 4.03. The van der Waals surface area contributed by atoms with Crippen LogP contribution >= 0.6 is 11.6 Å². The van der Waals surface area contributed by atoms with Gasteiger partial charge in [0.15, 0.2) is 0 Å². The van der Waals surface area contributed by atoms with Crippen LogP contribution in [-0.2, 0) is 19.6 Å². The van der Waals surface area contributed by atoms with E-state index in [0.29, 0.717) is 0 Å². The molecule has 0 amide bonds. The van der Waals surface area contributed by atoms with Crippen molar-refractivity contribution in [1.82, 2.24) is 4.72 Å². The molecule has 0 atom stereocenters. The van der Waals surface area contributed by atoms with Crippen LogP contribution in [0.25, 0.3) is 0 Å². The Kier molecular flexibility index (Phi) is 6.13. The lowest BCUT2D eigenvalue weighted by atomic mass is 10.2. The molecule has 21 heavy (non-hydrogen) atoms. The van der Waals surface area contributed by atoms with Gasteiger partial charge in [-0.25, -0.2) is 17.9 Å². The molecule has 0 aliphatic rings. The standard InChI is InChI=1S/C12H14ClNO6S/c1-20-12(17)9-7-8(13)4-5-10(9)21(18,19)14-6-2-3-11(15)16/h4-5,7,14H,2-3,6H2,1H3,(H,15,16). The van der Waals surface area contributed by atoms with Gasteiger partial charge >= 0.3 is 11.9 Å². The van der Waals surface area contributed by atoms with Gasteiger partial charge in [0.05, 0.1) is 17.6 Å². The van der Waals surface area contributed by atoms with Crippen LogP contribution in [0.2, 0.25) is 5.02 Å². The van der Waals surface area contributed by atoms with Crippen LogP contribution in [0.3, 0.4) is 0 Å². The molecule has 7 nitrogen and oxygen atoms in total. The number of benzene rings is 1. The minimum absolute atomic E-state index is 0.0577. The van der Waals surface area contributed by atoms with E-state index in [-0.39, 0.29) is 34.9 Å². The van der Waals surface area contributed by atoms with E-state index < -0.39 is 22.0 Å². The van der Waals surface area contributed by atoms with Crippen molar-refractivity contribution in [2.45, 2.75) is 17.7 Å². The molecule has 1 rings (SSSR count). The molecule has 1 aromatic carbocycles. The highest BCUT2D eigenvalue weighted by Crippen LogP contribution is 2.21. The van der Waals surface area contributed by atoms with Gasteiger partial charge in [0, 0.05) is 18.0 Å². The van der Waals surface area contributed by atoms with Crippen LogP contribution in [0.5, 0.6) is 0 Å². The fourth-order valence-corrected chi connectivity index (χ4v) is 2.95. The summed E-state index contributed by atoms with van der Waals surface area (Å²) in [5.41, 5.74) is -0.185. The summed E-state index contributed by atoms with van der Waals surface area (Å²) in [5.74, 6) is -1.85. The van der Waals surface area contributed by atoms with E-state index in [1.165, 1.54) is 18.2 Å². The number of nitrogens with one attached hydrogen (secondary N) is 1. The molecule has 116 valence electrons. The number of rotatable bonds is 7. The number of hydrogen-bond acceptors (Lipinski definition) is 5. The Morgan fingerprint density at radius 2 is 2.05 bits per heavy atom. The second kappa shape index (κ2) is 7.39. The molecule has 0 radical (unpaired) electrons. The smallest absolute Gasteiger partial charge is 0.339 e. The van der Waals surface area contributed by atoms with Crippen LogP contribution in [-0.4, -0.2) is 39.1 Å². The molecule has 0 aliphatic carbocycles. The highest BCUT2D eigenvalue weighted by atomic mass is 35.5. The van der Waals surface area contributed by atoms with Gasteiger partial charge in [-0.3, -0.25) is 4.79 Å². The molecule has 0 spiro atoms. The van der Waals surface area contributed by atoms with Crippen molar-refractivity contribution >= 4 is 33.6 Å². The maximum Gasteiger partial charge on any atom is 0.339 e. The summed E-state index contributed by atoms with van der Waals surface area (Å²) in [7, 11) is -2.84. The number of aliphatic carboxylic acids is 1. The van der Waals surface area contributed by atoms with Crippen molar-refractivity contribution in [3.63, 3.8) is 0 Å².